The average molecular weight is 267 g/mol. The molecule has 0 aliphatic rings. The lowest BCUT2D eigenvalue weighted by Gasteiger charge is -2.19. The molecular weight excluding hydrogens is 246 g/mol. The van der Waals surface area contributed by atoms with Crippen LogP contribution in [0.25, 0.3) is 0 Å². The van der Waals surface area contributed by atoms with Crippen LogP contribution in [-0.4, -0.2) is 59.5 Å². The van der Waals surface area contributed by atoms with E-state index in [1.54, 1.807) is 14.1 Å². The number of aromatic nitrogens is 3. The molecule has 1 heterocycles. The Bertz CT molecular complexity index is 431. The highest BCUT2D eigenvalue weighted by Crippen LogP contribution is 2.11. The SMILES string of the molecule is CCN(CC)c1nc(N)nc(NCC(=O)N(C)C)n1. The number of carbonyl (C=O) groups excluding carboxylic acids is 1. The zero-order valence-electron chi connectivity index (χ0n) is 11.8. The van der Waals surface area contributed by atoms with Crippen molar-refractivity contribution < 1.29 is 4.79 Å². The largest absolute Gasteiger partial charge is 0.368 e. The van der Waals surface area contributed by atoms with E-state index in [2.05, 4.69) is 20.3 Å². The summed E-state index contributed by atoms with van der Waals surface area (Å²) in [4.78, 5) is 27.2. The fraction of sp³-hybridized carbons (Fsp3) is 0.636. The van der Waals surface area contributed by atoms with Crippen molar-refractivity contribution in [3.63, 3.8) is 0 Å². The number of hydrogen-bond acceptors (Lipinski definition) is 7. The lowest BCUT2D eigenvalue weighted by atomic mass is 10.5. The topological polar surface area (TPSA) is 100 Å². The fourth-order valence-electron chi connectivity index (χ4n) is 1.42. The molecule has 19 heavy (non-hydrogen) atoms. The predicted octanol–water partition coefficient (Wildman–Crippen LogP) is -0.200. The first-order valence-corrected chi connectivity index (χ1v) is 6.18. The van der Waals surface area contributed by atoms with Gasteiger partial charge < -0.3 is 20.9 Å². The molecule has 1 rings (SSSR count). The van der Waals surface area contributed by atoms with Gasteiger partial charge in [-0.2, -0.15) is 15.0 Å². The monoisotopic (exact) mass is 267 g/mol. The van der Waals surface area contributed by atoms with Crippen LogP contribution in [0, 0.1) is 0 Å². The van der Waals surface area contributed by atoms with Gasteiger partial charge in [0.15, 0.2) is 0 Å². The number of anilines is 3. The van der Waals surface area contributed by atoms with Gasteiger partial charge in [-0.25, -0.2) is 0 Å². The molecule has 106 valence electrons. The van der Waals surface area contributed by atoms with Crippen LogP contribution in [0.5, 0.6) is 0 Å². The van der Waals surface area contributed by atoms with E-state index in [0.29, 0.717) is 11.9 Å². The smallest absolute Gasteiger partial charge is 0.241 e. The number of nitrogens with zero attached hydrogens (tertiary/aromatic N) is 5. The van der Waals surface area contributed by atoms with Gasteiger partial charge in [0, 0.05) is 27.2 Å². The molecule has 0 aromatic carbocycles. The molecule has 0 unspecified atom stereocenters. The summed E-state index contributed by atoms with van der Waals surface area (Å²) >= 11 is 0. The number of nitrogen functional groups attached to an aromatic ring is 1. The number of nitrogens with two attached hydrogens (primary N) is 1. The average Bonchev–Trinajstić information content (AvgIpc) is 2.36. The second-order valence-electron chi connectivity index (χ2n) is 4.13. The summed E-state index contributed by atoms with van der Waals surface area (Å²) in [5.41, 5.74) is 5.65. The molecule has 0 atom stereocenters. The van der Waals surface area contributed by atoms with E-state index in [9.17, 15) is 4.79 Å². The highest BCUT2D eigenvalue weighted by molar-refractivity contribution is 5.79. The quantitative estimate of drug-likeness (QED) is 0.736. The molecule has 3 N–H and O–H groups in total. The Hall–Kier alpha value is -2.12. The first-order valence-electron chi connectivity index (χ1n) is 6.18. The summed E-state index contributed by atoms with van der Waals surface area (Å²) in [6.45, 7) is 5.68. The third-order valence-corrected chi connectivity index (χ3v) is 2.58. The number of likely N-dealkylation sites (N-methyl/N-ethyl adjacent to an activating group) is 1. The second-order valence-corrected chi connectivity index (χ2v) is 4.13. The minimum atomic E-state index is -0.0663. The Morgan fingerprint density at radius 2 is 1.84 bits per heavy atom. The number of rotatable bonds is 6. The van der Waals surface area contributed by atoms with Crippen LogP contribution >= 0.6 is 0 Å². The highest BCUT2D eigenvalue weighted by atomic mass is 16.2. The molecule has 0 aliphatic heterocycles. The van der Waals surface area contributed by atoms with Crippen molar-refractivity contribution in [1.29, 1.82) is 0 Å². The Labute approximate surface area is 113 Å². The maximum Gasteiger partial charge on any atom is 0.241 e. The molecule has 1 aromatic rings. The fourth-order valence-corrected chi connectivity index (χ4v) is 1.42. The zero-order chi connectivity index (χ0) is 14.4. The van der Waals surface area contributed by atoms with Crippen LogP contribution in [0.1, 0.15) is 13.8 Å². The number of nitrogens with one attached hydrogen (secondary N) is 1. The molecule has 0 saturated carbocycles. The minimum absolute atomic E-state index is 0.0663. The van der Waals surface area contributed by atoms with Crippen molar-refractivity contribution in [3.05, 3.63) is 0 Å². The van der Waals surface area contributed by atoms with Crippen LogP contribution in [0.4, 0.5) is 17.8 Å². The van der Waals surface area contributed by atoms with Gasteiger partial charge >= 0.3 is 0 Å². The molecule has 1 aromatic heterocycles. The number of amides is 1. The van der Waals surface area contributed by atoms with E-state index in [1.165, 1.54) is 4.90 Å². The molecule has 0 saturated heterocycles. The Balaban J connectivity index is 2.82. The van der Waals surface area contributed by atoms with Crippen LogP contribution in [0.15, 0.2) is 0 Å². The second kappa shape index (κ2) is 6.72. The van der Waals surface area contributed by atoms with Gasteiger partial charge in [0.05, 0.1) is 6.54 Å². The Morgan fingerprint density at radius 1 is 1.21 bits per heavy atom. The summed E-state index contributed by atoms with van der Waals surface area (Å²) in [7, 11) is 3.38. The maximum absolute atomic E-state index is 11.5. The minimum Gasteiger partial charge on any atom is -0.368 e. The highest BCUT2D eigenvalue weighted by Gasteiger charge is 2.11. The molecule has 0 radical (unpaired) electrons. The van der Waals surface area contributed by atoms with E-state index in [4.69, 9.17) is 5.73 Å². The van der Waals surface area contributed by atoms with Crippen molar-refractivity contribution in [2.24, 2.45) is 0 Å². The lowest BCUT2D eigenvalue weighted by molar-refractivity contribution is -0.126. The van der Waals surface area contributed by atoms with Crippen LogP contribution in [-0.2, 0) is 4.79 Å². The summed E-state index contributed by atoms with van der Waals surface area (Å²) in [6.07, 6.45) is 0. The van der Waals surface area contributed by atoms with Crippen LogP contribution in [0.3, 0.4) is 0 Å². The molecule has 0 fully saturated rings. The van der Waals surface area contributed by atoms with E-state index in [1.807, 2.05) is 18.7 Å². The zero-order valence-corrected chi connectivity index (χ0v) is 11.8. The lowest BCUT2D eigenvalue weighted by Crippen LogP contribution is -2.30. The molecule has 1 amide bonds. The van der Waals surface area contributed by atoms with E-state index >= 15 is 0 Å². The van der Waals surface area contributed by atoms with Gasteiger partial charge in [-0.15, -0.1) is 0 Å². The third-order valence-electron chi connectivity index (χ3n) is 2.58. The predicted molar refractivity (Wildman–Crippen MR) is 75.0 cm³/mol. The van der Waals surface area contributed by atoms with Crippen LogP contribution < -0.4 is 16.0 Å². The molecule has 8 heteroatoms. The van der Waals surface area contributed by atoms with Crippen molar-refractivity contribution in [1.82, 2.24) is 19.9 Å². The van der Waals surface area contributed by atoms with Gasteiger partial charge in [-0.05, 0) is 13.8 Å². The van der Waals surface area contributed by atoms with E-state index < -0.39 is 0 Å². The van der Waals surface area contributed by atoms with Gasteiger partial charge in [-0.3, -0.25) is 4.79 Å². The molecule has 0 spiro atoms. The van der Waals surface area contributed by atoms with Gasteiger partial charge in [0.25, 0.3) is 0 Å². The van der Waals surface area contributed by atoms with Crippen molar-refractivity contribution in [2.75, 3.05) is 49.7 Å². The first kappa shape index (κ1) is 14.9. The van der Waals surface area contributed by atoms with Crippen molar-refractivity contribution in [2.45, 2.75) is 13.8 Å². The van der Waals surface area contributed by atoms with Crippen molar-refractivity contribution >= 4 is 23.8 Å². The first-order chi connectivity index (χ1) is 8.97. The standard InChI is InChI=1S/C11H21N7O/c1-5-18(6-2)11-15-9(12)14-10(16-11)13-7-8(19)17(3)4/h5-7H2,1-4H3,(H3,12,13,14,15,16). The number of hydrogen-bond donors (Lipinski definition) is 2. The number of carbonyl (C=O) groups is 1. The molecule has 0 bridgehead atoms. The Kier molecular flexibility index (Phi) is 5.28. The molecule has 0 aliphatic carbocycles. The van der Waals surface area contributed by atoms with Gasteiger partial charge in [0.2, 0.25) is 23.8 Å². The summed E-state index contributed by atoms with van der Waals surface area (Å²) in [6, 6.07) is 0. The van der Waals surface area contributed by atoms with Crippen molar-refractivity contribution in [3.8, 4) is 0 Å². The maximum atomic E-state index is 11.5. The normalized spacial score (nSPS) is 10.1. The summed E-state index contributed by atoms with van der Waals surface area (Å²) in [5, 5.41) is 2.85. The molecule has 8 nitrogen and oxygen atoms in total. The van der Waals surface area contributed by atoms with Gasteiger partial charge in [0.1, 0.15) is 0 Å². The van der Waals surface area contributed by atoms with E-state index in [0.717, 1.165) is 13.1 Å². The molecular formula is C11H21N7O. The summed E-state index contributed by atoms with van der Waals surface area (Å²) in [5.74, 6) is 0.891. The third kappa shape index (κ3) is 4.23. The Morgan fingerprint density at radius 3 is 2.37 bits per heavy atom. The van der Waals surface area contributed by atoms with Crippen LogP contribution in [0.2, 0.25) is 0 Å². The van der Waals surface area contributed by atoms with E-state index in [-0.39, 0.29) is 18.4 Å². The summed E-state index contributed by atoms with van der Waals surface area (Å²) < 4.78 is 0. The van der Waals surface area contributed by atoms with Gasteiger partial charge in [-0.1, -0.05) is 0 Å².